The maximum atomic E-state index is 12.9. The van der Waals surface area contributed by atoms with Crippen LogP contribution in [0.1, 0.15) is 24.8 Å². The van der Waals surface area contributed by atoms with E-state index in [1.165, 1.54) is 12.1 Å². The van der Waals surface area contributed by atoms with Gasteiger partial charge in [-0.1, -0.05) is 29.0 Å². The molecule has 0 radical (unpaired) electrons. The topological polar surface area (TPSA) is 88.5 Å². The molecule has 1 saturated heterocycles. The minimum absolute atomic E-state index is 0.0454. The van der Waals surface area contributed by atoms with Crippen molar-refractivity contribution in [3.63, 3.8) is 0 Å². The van der Waals surface area contributed by atoms with Crippen molar-refractivity contribution in [1.29, 1.82) is 0 Å². The van der Waals surface area contributed by atoms with Crippen molar-refractivity contribution in [2.24, 2.45) is 0 Å². The fourth-order valence-electron chi connectivity index (χ4n) is 3.68. The van der Waals surface area contributed by atoms with Gasteiger partial charge in [0.05, 0.1) is 20.8 Å². The third-order valence-electron chi connectivity index (χ3n) is 5.47. The van der Waals surface area contributed by atoms with Gasteiger partial charge in [0.25, 0.3) is 10.0 Å². The second-order valence-corrected chi connectivity index (χ2v) is 10.6. The molecule has 0 unspecified atom stereocenters. The van der Waals surface area contributed by atoms with Crippen molar-refractivity contribution in [3.05, 3.63) is 56.7 Å². The molecule has 1 aliphatic rings. The summed E-state index contributed by atoms with van der Waals surface area (Å²) in [6.45, 7) is 3.57. The van der Waals surface area contributed by atoms with E-state index in [1.807, 2.05) is 4.90 Å². The van der Waals surface area contributed by atoms with Gasteiger partial charge in [0, 0.05) is 31.1 Å². The molecule has 0 aliphatic carbocycles. The van der Waals surface area contributed by atoms with Crippen LogP contribution in [0.15, 0.2) is 46.1 Å². The summed E-state index contributed by atoms with van der Waals surface area (Å²) in [6, 6.07) is 9.58. The van der Waals surface area contributed by atoms with Gasteiger partial charge in [-0.3, -0.25) is 18.9 Å². The normalized spacial score (nSPS) is 14.3. The summed E-state index contributed by atoms with van der Waals surface area (Å²) >= 11 is 7.06. The number of benzene rings is 2. The average Bonchev–Trinajstić information content (AvgIpc) is 3.37. The van der Waals surface area contributed by atoms with Crippen LogP contribution in [0.3, 0.4) is 0 Å². The maximum absolute atomic E-state index is 12.9. The number of hydrogen-bond acceptors (Lipinski definition) is 5. The van der Waals surface area contributed by atoms with Gasteiger partial charge in [-0.05, 0) is 55.7 Å². The Bertz CT molecular complexity index is 1310. The lowest BCUT2D eigenvalue weighted by molar-refractivity contribution is -0.130. The highest BCUT2D eigenvalue weighted by molar-refractivity contribution is 7.92. The van der Waals surface area contributed by atoms with E-state index in [4.69, 9.17) is 11.6 Å². The van der Waals surface area contributed by atoms with E-state index in [-0.39, 0.29) is 28.6 Å². The number of fused-ring (bicyclic) bond motifs is 1. The zero-order valence-electron chi connectivity index (χ0n) is 16.9. The molecule has 0 atom stereocenters. The van der Waals surface area contributed by atoms with Crippen LogP contribution in [0.5, 0.6) is 0 Å². The second kappa shape index (κ2) is 8.64. The van der Waals surface area contributed by atoms with E-state index < -0.39 is 10.0 Å². The highest BCUT2D eigenvalue weighted by Gasteiger charge is 2.20. The van der Waals surface area contributed by atoms with Gasteiger partial charge in [-0.15, -0.1) is 0 Å². The standard InChI is InChI=1S/C21H22ClN3O4S2/c1-14-16(22)5-4-6-17(14)23-31(28,29)15-7-8-18-19(13-15)30-21(27)25(18)12-9-20(26)24-10-2-3-11-24/h4-8,13,23H,2-3,9-12H2,1H3. The Morgan fingerprint density at radius 2 is 1.94 bits per heavy atom. The third-order valence-corrected chi connectivity index (χ3v) is 8.18. The van der Waals surface area contributed by atoms with Crippen LogP contribution in [0, 0.1) is 6.92 Å². The number of sulfonamides is 1. The number of aromatic nitrogens is 1. The summed E-state index contributed by atoms with van der Waals surface area (Å²) in [7, 11) is -3.86. The number of aryl methyl sites for hydroxylation is 1. The van der Waals surface area contributed by atoms with Crippen LogP contribution in [0.2, 0.25) is 5.02 Å². The van der Waals surface area contributed by atoms with E-state index in [9.17, 15) is 18.0 Å². The van der Waals surface area contributed by atoms with Gasteiger partial charge in [0.1, 0.15) is 0 Å². The largest absolute Gasteiger partial charge is 0.343 e. The summed E-state index contributed by atoms with van der Waals surface area (Å²) in [5.74, 6) is 0.0454. The quantitative estimate of drug-likeness (QED) is 0.581. The lowest BCUT2D eigenvalue weighted by atomic mass is 10.2. The highest BCUT2D eigenvalue weighted by Crippen LogP contribution is 2.27. The predicted molar refractivity (Wildman–Crippen MR) is 124 cm³/mol. The van der Waals surface area contributed by atoms with Crippen LogP contribution in [0.4, 0.5) is 5.69 Å². The van der Waals surface area contributed by atoms with E-state index in [0.29, 0.717) is 26.5 Å². The molecule has 1 aliphatic heterocycles. The Balaban J connectivity index is 1.58. The highest BCUT2D eigenvalue weighted by atomic mass is 35.5. The number of halogens is 1. The van der Waals surface area contributed by atoms with Crippen molar-refractivity contribution in [2.45, 2.75) is 37.6 Å². The Morgan fingerprint density at radius 1 is 1.19 bits per heavy atom. The molecule has 1 aromatic heterocycles. The van der Waals surface area contributed by atoms with Crippen molar-refractivity contribution in [3.8, 4) is 0 Å². The summed E-state index contributed by atoms with van der Waals surface area (Å²) in [6.07, 6.45) is 2.29. The third kappa shape index (κ3) is 4.49. The van der Waals surface area contributed by atoms with Crippen molar-refractivity contribution in [2.75, 3.05) is 17.8 Å². The molecular weight excluding hydrogens is 458 g/mol. The Labute approximate surface area is 189 Å². The second-order valence-electron chi connectivity index (χ2n) is 7.50. The molecule has 1 fully saturated rings. The molecule has 1 amide bonds. The van der Waals surface area contributed by atoms with E-state index in [0.717, 1.165) is 37.3 Å². The SMILES string of the molecule is Cc1c(Cl)cccc1NS(=O)(=O)c1ccc2c(c1)sc(=O)n2CCC(=O)N1CCCC1. The number of nitrogens with zero attached hydrogens (tertiary/aromatic N) is 2. The van der Waals surface area contributed by atoms with Gasteiger partial charge in [0.15, 0.2) is 0 Å². The maximum Gasteiger partial charge on any atom is 0.308 e. The van der Waals surface area contributed by atoms with Crippen molar-refractivity contribution in [1.82, 2.24) is 9.47 Å². The Hall–Kier alpha value is -2.36. The first kappa shape index (κ1) is 21.9. The minimum atomic E-state index is -3.86. The van der Waals surface area contributed by atoms with Crippen molar-refractivity contribution < 1.29 is 13.2 Å². The first-order chi connectivity index (χ1) is 14.8. The van der Waals surface area contributed by atoms with Gasteiger partial charge in [-0.2, -0.15) is 0 Å². The summed E-state index contributed by atoms with van der Waals surface area (Å²) in [4.78, 5) is 26.5. The van der Waals surface area contributed by atoms with Crippen LogP contribution < -0.4 is 9.60 Å². The van der Waals surface area contributed by atoms with E-state index >= 15 is 0 Å². The summed E-state index contributed by atoms with van der Waals surface area (Å²) < 4.78 is 30.4. The Morgan fingerprint density at radius 3 is 2.68 bits per heavy atom. The predicted octanol–water partition coefficient (Wildman–Crippen LogP) is 3.84. The zero-order valence-corrected chi connectivity index (χ0v) is 19.3. The molecule has 164 valence electrons. The number of thiazole rings is 1. The number of hydrogen-bond donors (Lipinski definition) is 1. The smallest absolute Gasteiger partial charge is 0.308 e. The lowest BCUT2D eigenvalue weighted by Crippen LogP contribution is -2.29. The van der Waals surface area contributed by atoms with Crippen LogP contribution in [-0.4, -0.2) is 36.9 Å². The van der Waals surface area contributed by atoms with Crippen LogP contribution in [-0.2, 0) is 21.4 Å². The molecule has 7 nitrogen and oxygen atoms in total. The van der Waals surface area contributed by atoms with Gasteiger partial charge in [0.2, 0.25) is 5.91 Å². The summed E-state index contributed by atoms with van der Waals surface area (Å²) in [5, 5.41) is 0.467. The molecular formula is C21H22ClN3O4S2. The molecule has 10 heteroatoms. The lowest BCUT2D eigenvalue weighted by Gasteiger charge is -2.15. The number of anilines is 1. The number of nitrogens with one attached hydrogen (secondary N) is 1. The molecule has 0 spiro atoms. The van der Waals surface area contributed by atoms with Crippen LogP contribution in [0.25, 0.3) is 10.2 Å². The molecule has 31 heavy (non-hydrogen) atoms. The molecule has 0 saturated carbocycles. The molecule has 1 N–H and O–H groups in total. The molecule has 2 aromatic carbocycles. The molecule has 0 bridgehead atoms. The number of rotatable bonds is 6. The first-order valence-electron chi connectivity index (χ1n) is 9.95. The Kier molecular flexibility index (Phi) is 6.09. The van der Waals surface area contributed by atoms with E-state index in [1.54, 1.807) is 35.8 Å². The molecule has 3 aromatic rings. The van der Waals surface area contributed by atoms with Crippen LogP contribution >= 0.6 is 22.9 Å². The fraction of sp³-hybridized carbons (Fsp3) is 0.333. The molecule has 2 heterocycles. The monoisotopic (exact) mass is 479 g/mol. The minimum Gasteiger partial charge on any atom is -0.343 e. The summed E-state index contributed by atoms with van der Waals surface area (Å²) in [5.41, 5.74) is 1.66. The number of amides is 1. The van der Waals surface area contributed by atoms with Crippen molar-refractivity contribution >= 4 is 54.8 Å². The van der Waals surface area contributed by atoms with Gasteiger partial charge >= 0.3 is 4.87 Å². The van der Waals surface area contributed by atoms with Gasteiger partial charge in [-0.25, -0.2) is 8.42 Å². The van der Waals surface area contributed by atoms with Gasteiger partial charge < -0.3 is 4.90 Å². The fourth-order valence-corrected chi connectivity index (χ4v) is 6.03. The average molecular weight is 480 g/mol. The number of likely N-dealkylation sites (tertiary alicyclic amines) is 1. The number of carbonyl (C=O) groups excluding carboxylic acids is 1. The molecule has 4 rings (SSSR count). The first-order valence-corrected chi connectivity index (χ1v) is 12.6. The zero-order chi connectivity index (χ0) is 22.2. The van der Waals surface area contributed by atoms with E-state index in [2.05, 4.69) is 4.72 Å². The number of carbonyl (C=O) groups is 1.